The predicted octanol–water partition coefficient (Wildman–Crippen LogP) is 4.00. The van der Waals surface area contributed by atoms with Crippen molar-refractivity contribution < 1.29 is 14.6 Å². The number of carbonyl (C=O) groups excluding carboxylic acids is 1. The first-order valence-corrected chi connectivity index (χ1v) is 12.3. The van der Waals surface area contributed by atoms with Crippen LogP contribution in [-0.4, -0.2) is 69.7 Å². The van der Waals surface area contributed by atoms with Gasteiger partial charge in [0.2, 0.25) is 5.88 Å². The zero-order valence-electron chi connectivity index (χ0n) is 21.1. The van der Waals surface area contributed by atoms with Crippen LogP contribution in [0.4, 0.5) is 0 Å². The van der Waals surface area contributed by atoms with Gasteiger partial charge < -0.3 is 14.7 Å². The molecule has 0 bridgehead atoms. The third-order valence-corrected chi connectivity index (χ3v) is 6.50. The summed E-state index contributed by atoms with van der Waals surface area (Å²) in [6, 6.07) is 15.5. The van der Waals surface area contributed by atoms with Gasteiger partial charge in [0.25, 0.3) is 5.91 Å². The van der Waals surface area contributed by atoms with Crippen LogP contribution in [0.1, 0.15) is 40.9 Å². The number of aliphatic hydroxyl groups excluding tert-OH is 1. The summed E-state index contributed by atoms with van der Waals surface area (Å²) in [6.07, 6.45) is 9.07. The van der Waals surface area contributed by atoms with Gasteiger partial charge in [-0.3, -0.25) is 14.7 Å². The van der Waals surface area contributed by atoms with Gasteiger partial charge in [-0.25, -0.2) is 4.98 Å². The zero-order chi connectivity index (χ0) is 25.5. The highest BCUT2D eigenvalue weighted by Crippen LogP contribution is 2.28. The van der Waals surface area contributed by atoms with E-state index in [0.29, 0.717) is 24.5 Å². The van der Waals surface area contributed by atoms with E-state index in [4.69, 9.17) is 4.74 Å². The molecular weight excluding hydrogens is 452 g/mol. The van der Waals surface area contributed by atoms with Crippen molar-refractivity contribution in [3.8, 4) is 5.88 Å². The Morgan fingerprint density at radius 1 is 1.17 bits per heavy atom. The fourth-order valence-corrected chi connectivity index (χ4v) is 4.36. The van der Waals surface area contributed by atoms with Gasteiger partial charge in [-0.05, 0) is 48.9 Å². The minimum absolute atomic E-state index is 0.0374. The Labute approximate surface area is 213 Å². The summed E-state index contributed by atoms with van der Waals surface area (Å²) in [5.41, 5.74) is 3.46. The number of pyridine rings is 2. The number of aromatic nitrogens is 2. The number of nitrogens with zero attached hydrogens (tertiary/aromatic N) is 4. The first-order chi connectivity index (χ1) is 17.4. The Hall–Kier alpha value is -3.55. The minimum atomic E-state index is -0.315. The number of hydrogen-bond donors (Lipinski definition) is 1. The predicted molar refractivity (Wildman–Crippen MR) is 141 cm³/mol. The third kappa shape index (κ3) is 6.36. The number of benzene rings is 1. The third-order valence-electron chi connectivity index (χ3n) is 6.50. The second-order valence-corrected chi connectivity index (χ2v) is 9.54. The molecule has 3 atom stereocenters. The van der Waals surface area contributed by atoms with Crippen molar-refractivity contribution in [2.24, 2.45) is 5.92 Å². The molecule has 1 N–H and O–H groups in total. The summed E-state index contributed by atoms with van der Waals surface area (Å²) in [7, 11) is 2.06. The van der Waals surface area contributed by atoms with Crippen molar-refractivity contribution in [3.05, 3.63) is 89.4 Å². The lowest BCUT2D eigenvalue weighted by Crippen LogP contribution is -2.49. The largest absolute Gasteiger partial charge is 0.472 e. The molecule has 0 aliphatic carbocycles. The molecule has 1 aliphatic heterocycles. The van der Waals surface area contributed by atoms with Crippen LogP contribution in [0.25, 0.3) is 12.2 Å². The van der Waals surface area contributed by atoms with Crippen LogP contribution in [0.15, 0.2) is 67.1 Å². The number of fused-ring (bicyclic) bond motifs is 1. The number of likely N-dealkylation sites (N-methyl/N-ethyl adjacent to an activating group) is 1. The summed E-state index contributed by atoms with van der Waals surface area (Å²) < 4.78 is 6.41. The molecule has 1 aliphatic rings. The molecule has 36 heavy (non-hydrogen) atoms. The fourth-order valence-electron chi connectivity index (χ4n) is 4.36. The molecule has 0 radical (unpaired) electrons. The highest BCUT2D eigenvalue weighted by atomic mass is 16.5. The Morgan fingerprint density at radius 2 is 1.89 bits per heavy atom. The molecule has 2 aromatic heterocycles. The smallest absolute Gasteiger partial charge is 0.259 e. The first-order valence-electron chi connectivity index (χ1n) is 12.3. The molecule has 1 aromatic carbocycles. The van der Waals surface area contributed by atoms with Crippen LogP contribution in [0.3, 0.4) is 0 Å². The van der Waals surface area contributed by atoms with Crippen LogP contribution in [0.5, 0.6) is 5.88 Å². The Bertz CT molecular complexity index is 1170. The van der Waals surface area contributed by atoms with Crippen molar-refractivity contribution in [1.82, 2.24) is 19.8 Å². The van der Waals surface area contributed by atoms with E-state index in [1.807, 2.05) is 67.6 Å². The number of amides is 1. The van der Waals surface area contributed by atoms with E-state index in [-0.39, 0.29) is 30.6 Å². The zero-order valence-corrected chi connectivity index (χ0v) is 21.1. The van der Waals surface area contributed by atoms with Gasteiger partial charge in [0.05, 0.1) is 12.6 Å². The van der Waals surface area contributed by atoms with Gasteiger partial charge in [0.1, 0.15) is 11.7 Å². The van der Waals surface area contributed by atoms with E-state index in [2.05, 4.69) is 28.8 Å². The van der Waals surface area contributed by atoms with E-state index in [0.717, 1.165) is 17.7 Å². The van der Waals surface area contributed by atoms with E-state index < -0.39 is 0 Å². The number of aliphatic hydroxyl groups is 1. The monoisotopic (exact) mass is 486 g/mol. The van der Waals surface area contributed by atoms with Crippen LogP contribution >= 0.6 is 0 Å². The molecular formula is C29H34N4O3. The van der Waals surface area contributed by atoms with Crippen molar-refractivity contribution in [2.75, 3.05) is 26.7 Å². The minimum Gasteiger partial charge on any atom is -0.472 e. The Balaban J connectivity index is 1.61. The second kappa shape index (κ2) is 11.9. The highest BCUT2D eigenvalue weighted by Gasteiger charge is 2.34. The summed E-state index contributed by atoms with van der Waals surface area (Å²) >= 11 is 0. The number of carbonyl (C=O) groups is 1. The van der Waals surface area contributed by atoms with Crippen molar-refractivity contribution in [3.63, 3.8) is 0 Å². The molecule has 0 saturated heterocycles. The first kappa shape index (κ1) is 25.5. The average Bonchev–Trinajstić information content (AvgIpc) is 2.90. The topological polar surface area (TPSA) is 78.8 Å². The van der Waals surface area contributed by atoms with Crippen molar-refractivity contribution >= 4 is 18.1 Å². The summed E-state index contributed by atoms with van der Waals surface area (Å²) in [6.45, 7) is 5.74. The van der Waals surface area contributed by atoms with Gasteiger partial charge in [-0.1, -0.05) is 49.4 Å². The maximum Gasteiger partial charge on any atom is 0.259 e. The normalized spacial score (nSPS) is 19.0. The molecule has 3 aromatic rings. The molecule has 7 heteroatoms. The highest BCUT2D eigenvalue weighted by molar-refractivity contribution is 5.97. The lowest BCUT2D eigenvalue weighted by molar-refractivity contribution is 0.0325. The molecule has 1 amide bonds. The van der Waals surface area contributed by atoms with E-state index >= 15 is 0 Å². The Morgan fingerprint density at radius 3 is 2.61 bits per heavy atom. The van der Waals surface area contributed by atoms with Gasteiger partial charge in [0.15, 0.2) is 0 Å². The number of hydrogen-bond acceptors (Lipinski definition) is 6. The molecule has 0 unspecified atom stereocenters. The van der Waals surface area contributed by atoms with Gasteiger partial charge in [-0.2, -0.15) is 0 Å². The molecule has 0 saturated carbocycles. The van der Waals surface area contributed by atoms with Crippen LogP contribution in [0.2, 0.25) is 0 Å². The Kier molecular flexibility index (Phi) is 8.46. The summed E-state index contributed by atoms with van der Waals surface area (Å²) in [5.74, 6) is 0.195. The van der Waals surface area contributed by atoms with Crippen molar-refractivity contribution in [1.29, 1.82) is 0 Å². The van der Waals surface area contributed by atoms with Gasteiger partial charge in [0, 0.05) is 44.1 Å². The molecule has 188 valence electrons. The quantitative estimate of drug-likeness (QED) is 0.519. The maximum absolute atomic E-state index is 13.6. The van der Waals surface area contributed by atoms with E-state index in [1.165, 1.54) is 5.56 Å². The lowest BCUT2D eigenvalue weighted by atomic mass is 9.99. The maximum atomic E-state index is 13.6. The molecule has 3 heterocycles. The molecule has 4 rings (SSSR count). The van der Waals surface area contributed by atoms with Crippen molar-refractivity contribution in [2.45, 2.75) is 32.5 Å². The van der Waals surface area contributed by atoms with Gasteiger partial charge >= 0.3 is 0 Å². The molecule has 0 fully saturated rings. The number of rotatable bonds is 8. The van der Waals surface area contributed by atoms with Crippen LogP contribution in [0, 0.1) is 5.92 Å². The summed E-state index contributed by atoms with van der Waals surface area (Å²) in [4.78, 5) is 26.2. The summed E-state index contributed by atoms with van der Waals surface area (Å²) in [5, 5.41) is 9.88. The van der Waals surface area contributed by atoms with E-state index in [1.54, 1.807) is 23.5 Å². The second-order valence-electron chi connectivity index (χ2n) is 9.54. The lowest BCUT2D eigenvalue weighted by Gasteiger charge is -2.37. The van der Waals surface area contributed by atoms with Gasteiger partial charge in [-0.15, -0.1) is 0 Å². The van der Waals surface area contributed by atoms with Crippen LogP contribution in [-0.2, 0) is 6.54 Å². The van der Waals surface area contributed by atoms with E-state index in [9.17, 15) is 9.90 Å². The SMILES string of the molecule is C[C@@H]1CN([C@@H](C)CO)C(=O)c2cc(/C=C/c3ccccc3)cnc2O[C@H]1CN(C)Cc1ccncc1. The van der Waals surface area contributed by atoms with Crippen LogP contribution < -0.4 is 4.74 Å². The fraction of sp³-hybridized carbons (Fsp3) is 0.345. The average molecular weight is 487 g/mol. The standard InChI is InChI=1S/C29H34N4O3/c1-21-17-33(22(2)20-34)29(35)26-15-25(10-9-23-7-5-4-6-8-23)16-31-28(26)36-27(21)19-32(3)18-24-11-13-30-14-12-24/h4-16,21-22,27,34H,17-20H2,1-3H3/b10-9+/t21-,22+,27+/m1/s1. The molecule has 7 nitrogen and oxygen atoms in total. The molecule has 0 spiro atoms. The number of ether oxygens (including phenoxy) is 1.